The predicted molar refractivity (Wildman–Crippen MR) is 72.9 cm³/mol. The summed E-state index contributed by atoms with van der Waals surface area (Å²) in [7, 11) is 0. The molecule has 1 amide bonds. The van der Waals surface area contributed by atoms with E-state index in [1.165, 1.54) is 0 Å². The van der Waals surface area contributed by atoms with Gasteiger partial charge in [0.05, 0.1) is 6.54 Å². The van der Waals surface area contributed by atoms with Crippen LogP contribution in [-0.2, 0) is 9.53 Å². The quantitative estimate of drug-likeness (QED) is 0.619. The number of hydrogen-bond donors (Lipinski definition) is 2. The normalized spacial score (nSPS) is 22.2. The van der Waals surface area contributed by atoms with Crippen LogP contribution < -0.4 is 15.8 Å². The van der Waals surface area contributed by atoms with E-state index in [2.05, 4.69) is 5.32 Å². The minimum absolute atomic E-state index is 0.0545. The SMILES string of the molecule is CC1CCOC1C(=O)NCCOc1cccc(N)c1. The number of benzene rings is 1. The van der Waals surface area contributed by atoms with Crippen LogP contribution >= 0.6 is 0 Å². The Kier molecular flexibility index (Phi) is 4.63. The molecule has 104 valence electrons. The molecule has 0 saturated carbocycles. The van der Waals surface area contributed by atoms with Crippen LogP contribution in [0.4, 0.5) is 5.69 Å². The van der Waals surface area contributed by atoms with Crippen molar-refractivity contribution in [2.45, 2.75) is 19.4 Å². The van der Waals surface area contributed by atoms with Crippen molar-refractivity contribution < 1.29 is 14.3 Å². The lowest BCUT2D eigenvalue weighted by Crippen LogP contribution is -2.39. The zero-order valence-corrected chi connectivity index (χ0v) is 11.1. The summed E-state index contributed by atoms with van der Waals surface area (Å²) >= 11 is 0. The zero-order valence-electron chi connectivity index (χ0n) is 11.1. The van der Waals surface area contributed by atoms with Crippen molar-refractivity contribution in [3.05, 3.63) is 24.3 Å². The number of hydrogen-bond acceptors (Lipinski definition) is 4. The molecular formula is C14H20N2O3. The first-order valence-corrected chi connectivity index (χ1v) is 6.54. The number of anilines is 1. The number of rotatable bonds is 5. The largest absolute Gasteiger partial charge is 0.492 e. The summed E-state index contributed by atoms with van der Waals surface area (Å²) in [5, 5.41) is 2.82. The van der Waals surface area contributed by atoms with Gasteiger partial charge in [0.25, 0.3) is 0 Å². The summed E-state index contributed by atoms with van der Waals surface area (Å²) in [5.41, 5.74) is 6.30. The van der Waals surface area contributed by atoms with Crippen LogP contribution in [0.25, 0.3) is 0 Å². The van der Waals surface area contributed by atoms with Crippen LogP contribution in [0.15, 0.2) is 24.3 Å². The van der Waals surface area contributed by atoms with Crippen LogP contribution in [0.3, 0.4) is 0 Å². The fraction of sp³-hybridized carbons (Fsp3) is 0.500. The van der Waals surface area contributed by atoms with E-state index in [1.54, 1.807) is 12.1 Å². The van der Waals surface area contributed by atoms with Crippen molar-refractivity contribution in [2.24, 2.45) is 5.92 Å². The van der Waals surface area contributed by atoms with E-state index >= 15 is 0 Å². The maximum Gasteiger partial charge on any atom is 0.249 e. The van der Waals surface area contributed by atoms with Gasteiger partial charge in [0.1, 0.15) is 18.5 Å². The first kappa shape index (κ1) is 13.7. The smallest absolute Gasteiger partial charge is 0.249 e. The molecule has 2 rings (SSSR count). The van der Waals surface area contributed by atoms with Gasteiger partial charge in [-0.3, -0.25) is 4.79 Å². The lowest BCUT2D eigenvalue weighted by Gasteiger charge is -2.14. The zero-order chi connectivity index (χ0) is 13.7. The third kappa shape index (κ3) is 3.86. The Balaban J connectivity index is 1.68. The van der Waals surface area contributed by atoms with Crippen molar-refractivity contribution in [1.82, 2.24) is 5.32 Å². The molecule has 3 N–H and O–H groups in total. The number of carbonyl (C=O) groups is 1. The number of ether oxygens (including phenoxy) is 2. The molecule has 2 atom stereocenters. The number of nitrogen functional groups attached to an aromatic ring is 1. The maximum atomic E-state index is 11.8. The minimum atomic E-state index is -0.313. The molecule has 1 fully saturated rings. The monoisotopic (exact) mass is 264 g/mol. The van der Waals surface area contributed by atoms with E-state index < -0.39 is 0 Å². The fourth-order valence-corrected chi connectivity index (χ4v) is 2.08. The second-order valence-electron chi connectivity index (χ2n) is 4.77. The summed E-state index contributed by atoms with van der Waals surface area (Å²) in [6.45, 7) is 3.57. The van der Waals surface area contributed by atoms with E-state index in [4.69, 9.17) is 15.2 Å². The van der Waals surface area contributed by atoms with Gasteiger partial charge >= 0.3 is 0 Å². The van der Waals surface area contributed by atoms with Crippen molar-refractivity contribution in [3.63, 3.8) is 0 Å². The topological polar surface area (TPSA) is 73.6 Å². The lowest BCUT2D eigenvalue weighted by atomic mass is 10.0. The Labute approximate surface area is 113 Å². The molecule has 0 aliphatic carbocycles. The number of carbonyl (C=O) groups excluding carboxylic acids is 1. The number of nitrogens with one attached hydrogen (secondary N) is 1. The summed E-state index contributed by atoms with van der Waals surface area (Å²) in [6.07, 6.45) is 0.630. The molecule has 2 unspecified atom stereocenters. The van der Waals surface area contributed by atoms with Crippen molar-refractivity contribution in [3.8, 4) is 5.75 Å². The van der Waals surface area contributed by atoms with Crippen LogP contribution in [-0.4, -0.2) is 31.8 Å². The second-order valence-corrected chi connectivity index (χ2v) is 4.77. The van der Waals surface area contributed by atoms with Crippen LogP contribution in [0.1, 0.15) is 13.3 Å². The Hall–Kier alpha value is -1.75. The van der Waals surface area contributed by atoms with Gasteiger partial charge in [-0.1, -0.05) is 13.0 Å². The fourth-order valence-electron chi connectivity index (χ4n) is 2.08. The molecule has 0 radical (unpaired) electrons. The molecule has 5 heteroatoms. The highest BCUT2D eigenvalue weighted by molar-refractivity contribution is 5.81. The molecule has 5 nitrogen and oxygen atoms in total. The van der Waals surface area contributed by atoms with E-state index in [9.17, 15) is 4.79 Å². The van der Waals surface area contributed by atoms with Gasteiger partial charge in [-0.05, 0) is 24.5 Å². The minimum Gasteiger partial charge on any atom is -0.492 e. The average Bonchev–Trinajstić information content (AvgIpc) is 2.81. The summed E-state index contributed by atoms with van der Waals surface area (Å²) in [5.74, 6) is 0.941. The van der Waals surface area contributed by atoms with Gasteiger partial charge < -0.3 is 20.5 Å². The van der Waals surface area contributed by atoms with E-state index in [0.29, 0.717) is 31.2 Å². The Morgan fingerprint density at radius 2 is 2.42 bits per heavy atom. The molecule has 0 bridgehead atoms. The standard InChI is InChI=1S/C14H20N2O3/c1-10-5-7-19-13(10)14(17)16-6-8-18-12-4-2-3-11(15)9-12/h2-4,9-10,13H,5-8,15H2,1H3,(H,16,17). The van der Waals surface area contributed by atoms with Crippen LogP contribution in [0.2, 0.25) is 0 Å². The van der Waals surface area contributed by atoms with Crippen molar-refractivity contribution >= 4 is 11.6 Å². The molecule has 0 aromatic heterocycles. The molecule has 1 aliphatic heterocycles. The third-order valence-corrected chi connectivity index (χ3v) is 3.17. The van der Waals surface area contributed by atoms with Gasteiger partial charge in [-0.25, -0.2) is 0 Å². The van der Waals surface area contributed by atoms with E-state index in [1.807, 2.05) is 19.1 Å². The Bertz CT molecular complexity index is 436. The van der Waals surface area contributed by atoms with Gasteiger partial charge in [-0.2, -0.15) is 0 Å². The van der Waals surface area contributed by atoms with E-state index in [0.717, 1.165) is 6.42 Å². The second kappa shape index (κ2) is 6.43. The summed E-state index contributed by atoms with van der Waals surface area (Å²) in [4.78, 5) is 11.8. The molecule has 1 aromatic rings. The third-order valence-electron chi connectivity index (χ3n) is 3.17. The van der Waals surface area contributed by atoms with Gasteiger partial charge in [0.15, 0.2) is 0 Å². The predicted octanol–water partition coefficient (Wildman–Crippen LogP) is 1.19. The highest BCUT2D eigenvalue weighted by atomic mass is 16.5. The molecule has 1 heterocycles. The average molecular weight is 264 g/mol. The van der Waals surface area contributed by atoms with Gasteiger partial charge in [-0.15, -0.1) is 0 Å². The van der Waals surface area contributed by atoms with Crippen molar-refractivity contribution in [1.29, 1.82) is 0 Å². The molecule has 1 aliphatic rings. The maximum absolute atomic E-state index is 11.8. The Morgan fingerprint density at radius 3 is 3.11 bits per heavy atom. The summed E-state index contributed by atoms with van der Waals surface area (Å²) in [6, 6.07) is 7.22. The lowest BCUT2D eigenvalue weighted by molar-refractivity contribution is -0.131. The molecule has 0 spiro atoms. The van der Waals surface area contributed by atoms with Crippen LogP contribution in [0, 0.1) is 5.92 Å². The molecule has 1 aromatic carbocycles. The van der Waals surface area contributed by atoms with E-state index in [-0.39, 0.29) is 17.9 Å². The molecular weight excluding hydrogens is 244 g/mol. The highest BCUT2D eigenvalue weighted by Crippen LogP contribution is 2.19. The number of amides is 1. The summed E-state index contributed by atoms with van der Waals surface area (Å²) < 4.78 is 10.9. The molecule has 19 heavy (non-hydrogen) atoms. The first-order valence-electron chi connectivity index (χ1n) is 6.54. The molecule has 1 saturated heterocycles. The first-order chi connectivity index (χ1) is 9.16. The van der Waals surface area contributed by atoms with Crippen LogP contribution in [0.5, 0.6) is 5.75 Å². The van der Waals surface area contributed by atoms with Gasteiger partial charge in [0, 0.05) is 18.4 Å². The van der Waals surface area contributed by atoms with Crippen molar-refractivity contribution in [2.75, 3.05) is 25.5 Å². The number of nitrogens with two attached hydrogens (primary N) is 1. The Morgan fingerprint density at radius 1 is 1.58 bits per heavy atom. The van der Waals surface area contributed by atoms with Gasteiger partial charge in [0.2, 0.25) is 5.91 Å². The highest BCUT2D eigenvalue weighted by Gasteiger charge is 2.30.